The van der Waals surface area contributed by atoms with Crippen molar-refractivity contribution in [3.63, 3.8) is 0 Å². The Hall–Kier alpha value is -3.35. The summed E-state index contributed by atoms with van der Waals surface area (Å²) in [5, 5.41) is 2.77. The predicted octanol–water partition coefficient (Wildman–Crippen LogP) is 9.20. The van der Waals surface area contributed by atoms with Crippen LogP contribution in [-0.4, -0.2) is 30.9 Å². The number of halogens is 1. The van der Waals surface area contributed by atoms with Gasteiger partial charge in [0.25, 0.3) is 0 Å². The number of allylic oxidation sites excluding steroid dienone is 1. The number of carbonyl (C=O) groups excluding carboxylic acids is 2. The molecule has 43 heavy (non-hydrogen) atoms. The molecular formula is C36H48FNO5. The molecule has 234 valence electrons. The van der Waals surface area contributed by atoms with Gasteiger partial charge < -0.3 is 19.5 Å². The molecule has 1 N–H and O–H groups in total. The zero-order valence-electron chi connectivity index (χ0n) is 26.5. The third-order valence-electron chi connectivity index (χ3n) is 8.14. The number of aryl methyl sites for hydroxylation is 1. The average molecular weight is 594 g/mol. The van der Waals surface area contributed by atoms with Gasteiger partial charge >= 0.3 is 12.1 Å². The number of amides is 1. The zero-order valence-corrected chi connectivity index (χ0v) is 26.5. The van der Waals surface area contributed by atoms with Crippen LogP contribution in [0.3, 0.4) is 0 Å². The summed E-state index contributed by atoms with van der Waals surface area (Å²) in [5.74, 6) is 0.474. The maximum absolute atomic E-state index is 16.3. The maximum Gasteiger partial charge on any atom is 0.408 e. The Labute approximate surface area is 256 Å². The van der Waals surface area contributed by atoms with Crippen molar-refractivity contribution >= 4 is 12.1 Å². The molecule has 2 aliphatic carbocycles. The van der Waals surface area contributed by atoms with E-state index in [2.05, 4.69) is 31.0 Å². The molecule has 0 heterocycles. The molecule has 0 unspecified atom stereocenters. The molecule has 6 nitrogen and oxygen atoms in total. The second-order valence-corrected chi connectivity index (χ2v) is 12.9. The van der Waals surface area contributed by atoms with Gasteiger partial charge in [0.05, 0.1) is 25.7 Å². The van der Waals surface area contributed by atoms with Gasteiger partial charge in [0.15, 0.2) is 0 Å². The van der Waals surface area contributed by atoms with Gasteiger partial charge in [-0.1, -0.05) is 25.0 Å². The SMILES string of the molecule is C=CCCCOc1cc(C2CCCC2)cc(C)c1-c1cc(C2CC2)c(F)c([C@H](CC(=O)OCC)NC(=O)OC(C)(C)C)c1. The van der Waals surface area contributed by atoms with Gasteiger partial charge in [0.2, 0.25) is 0 Å². The van der Waals surface area contributed by atoms with E-state index in [1.807, 2.05) is 12.1 Å². The van der Waals surface area contributed by atoms with Gasteiger partial charge in [0, 0.05) is 11.1 Å². The van der Waals surface area contributed by atoms with E-state index >= 15 is 4.39 Å². The number of nitrogens with one attached hydrogen (secondary N) is 1. The van der Waals surface area contributed by atoms with Gasteiger partial charge in [-0.05, 0) is 125 Å². The number of esters is 1. The van der Waals surface area contributed by atoms with Gasteiger partial charge in [-0.3, -0.25) is 4.79 Å². The molecule has 0 aromatic heterocycles. The van der Waals surface area contributed by atoms with Crippen LogP contribution in [0.4, 0.5) is 9.18 Å². The monoisotopic (exact) mass is 593 g/mol. The Morgan fingerprint density at radius 1 is 1.09 bits per heavy atom. The average Bonchev–Trinajstić information content (AvgIpc) is 3.62. The summed E-state index contributed by atoms with van der Waals surface area (Å²) in [5.41, 5.74) is 4.16. The van der Waals surface area contributed by atoms with Crippen molar-refractivity contribution in [3.05, 3.63) is 65.0 Å². The molecule has 2 aromatic rings. The van der Waals surface area contributed by atoms with E-state index in [0.29, 0.717) is 18.1 Å². The molecule has 0 aliphatic heterocycles. The Bertz CT molecular complexity index is 1300. The minimum atomic E-state index is -0.971. The van der Waals surface area contributed by atoms with Crippen LogP contribution in [0.15, 0.2) is 36.9 Å². The van der Waals surface area contributed by atoms with E-state index in [1.54, 1.807) is 33.8 Å². The van der Waals surface area contributed by atoms with Gasteiger partial charge in [-0.2, -0.15) is 0 Å². The summed E-state index contributed by atoms with van der Waals surface area (Å²) in [4.78, 5) is 25.6. The lowest BCUT2D eigenvalue weighted by Crippen LogP contribution is -2.36. The fraction of sp³-hybridized carbons (Fsp3) is 0.556. The lowest BCUT2D eigenvalue weighted by Gasteiger charge is -2.25. The second-order valence-electron chi connectivity index (χ2n) is 12.9. The lowest BCUT2D eigenvalue weighted by molar-refractivity contribution is -0.143. The minimum Gasteiger partial charge on any atom is -0.493 e. The van der Waals surface area contributed by atoms with Crippen molar-refractivity contribution in [2.45, 2.75) is 116 Å². The Morgan fingerprint density at radius 3 is 2.44 bits per heavy atom. The van der Waals surface area contributed by atoms with Crippen molar-refractivity contribution in [2.24, 2.45) is 0 Å². The number of hydrogen-bond acceptors (Lipinski definition) is 5. The highest BCUT2D eigenvalue weighted by Gasteiger charge is 2.33. The quantitative estimate of drug-likeness (QED) is 0.142. The number of hydrogen-bond donors (Lipinski definition) is 1. The van der Waals surface area contributed by atoms with Crippen molar-refractivity contribution < 1.29 is 28.2 Å². The van der Waals surface area contributed by atoms with E-state index in [1.165, 1.54) is 31.2 Å². The molecule has 4 rings (SSSR count). The first-order valence-corrected chi connectivity index (χ1v) is 15.9. The lowest BCUT2D eigenvalue weighted by atomic mass is 9.88. The first-order chi connectivity index (χ1) is 20.5. The van der Waals surface area contributed by atoms with Crippen molar-refractivity contribution in [1.29, 1.82) is 0 Å². The van der Waals surface area contributed by atoms with Gasteiger partial charge in [-0.15, -0.1) is 6.58 Å². The highest BCUT2D eigenvalue weighted by molar-refractivity contribution is 5.78. The molecule has 2 saturated carbocycles. The van der Waals surface area contributed by atoms with Crippen LogP contribution < -0.4 is 10.1 Å². The topological polar surface area (TPSA) is 73.9 Å². The maximum atomic E-state index is 16.3. The Kier molecular flexibility index (Phi) is 10.9. The summed E-state index contributed by atoms with van der Waals surface area (Å²) < 4.78 is 33.4. The number of alkyl carbamates (subject to hydrolysis) is 1. The van der Waals surface area contributed by atoms with E-state index < -0.39 is 29.5 Å². The minimum absolute atomic E-state index is 0.0958. The van der Waals surface area contributed by atoms with Gasteiger partial charge in [0.1, 0.15) is 17.2 Å². The molecule has 1 atom stereocenters. The van der Waals surface area contributed by atoms with Crippen molar-refractivity contribution in [2.75, 3.05) is 13.2 Å². The number of carbonyl (C=O) groups is 2. The van der Waals surface area contributed by atoms with Crippen LogP contribution in [0.1, 0.15) is 126 Å². The normalized spacial score (nSPS) is 16.0. The Morgan fingerprint density at radius 2 is 1.81 bits per heavy atom. The summed E-state index contributed by atoms with van der Waals surface area (Å²) in [6.45, 7) is 13.6. The smallest absolute Gasteiger partial charge is 0.408 e. The Balaban J connectivity index is 1.82. The van der Waals surface area contributed by atoms with Crippen LogP contribution in [0.25, 0.3) is 11.1 Å². The molecule has 7 heteroatoms. The predicted molar refractivity (Wildman–Crippen MR) is 168 cm³/mol. The molecule has 0 radical (unpaired) electrons. The fourth-order valence-corrected chi connectivity index (χ4v) is 6.00. The second kappa shape index (κ2) is 14.4. The van der Waals surface area contributed by atoms with Gasteiger partial charge in [-0.25, -0.2) is 9.18 Å². The molecule has 0 bridgehead atoms. The third kappa shape index (κ3) is 8.84. The highest BCUT2D eigenvalue weighted by Crippen LogP contribution is 2.47. The summed E-state index contributed by atoms with van der Waals surface area (Å²) in [7, 11) is 0. The fourth-order valence-electron chi connectivity index (χ4n) is 6.00. The van der Waals surface area contributed by atoms with Crippen LogP contribution in [0, 0.1) is 12.7 Å². The van der Waals surface area contributed by atoms with E-state index in [9.17, 15) is 9.59 Å². The van der Waals surface area contributed by atoms with Crippen molar-refractivity contribution in [1.82, 2.24) is 5.32 Å². The largest absolute Gasteiger partial charge is 0.493 e. The van der Waals surface area contributed by atoms with E-state index in [0.717, 1.165) is 48.1 Å². The molecule has 0 spiro atoms. The molecule has 2 fully saturated rings. The summed E-state index contributed by atoms with van der Waals surface area (Å²) in [6, 6.07) is 7.13. The number of ether oxygens (including phenoxy) is 3. The first kappa shape index (κ1) is 32.6. The molecule has 2 aromatic carbocycles. The van der Waals surface area contributed by atoms with Crippen LogP contribution >= 0.6 is 0 Å². The molecule has 1 amide bonds. The molecular weight excluding hydrogens is 545 g/mol. The summed E-state index contributed by atoms with van der Waals surface area (Å²) >= 11 is 0. The van der Waals surface area contributed by atoms with Crippen LogP contribution in [0.5, 0.6) is 5.75 Å². The summed E-state index contributed by atoms with van der Waals surface area (Å²) in [6.07, 6.45) is 9.26. The highest BCUT2D eigenvalue weighted by atomic mass is 19.1. The third-order valence-corrected chi connectivity index (χ3v) is 8.14. The zero-order chi connectivity index (χ0) is 31.1. The molecule has 2 aliphatic rings. The molecule has 0 saturated heterocycles. The number of benzene rings is 2. The number of rotatable bonds is 13. The van der Waals surface area contributed by atoms with Crippen LogP contribution in [-0.2, 0) is 14.3 Å². The van der Waals surface area contributed by atoms with E-state index in [-0.39, 0.29) is 24.5 Å². The van der Waals surface area contributed by atoms with Crippen LogP contribution in [0.2, 0.25) is 0 Å². The standard InChI is InChI=1S/C36H48FNO5/c1-7-9-12-17-42-31-21-26(24-13-10-11-14-24)18-23(3)33(31)27-19-28(25-15-16-25)34(37)29(20-27)30(22-32(39)41-8-2)38-35(40)43-36(4,5)6/h7,18-21,24-25,30H,1,8-17,22H2,2-6H3,(H,38,40)/t30-/m0/s1. The first-order valence-electron chi connectivity index (χ1n) is 15.9. The van der Waals surface area contributed by atoms with Crippen molar-refractivity contribution in [3.8, 4) is 16.9 Å². The van der Waals surface area contributed by atoms with E-state index in [4.69, 9.17) is 14.2 Å². The number of unbranched alkanes of at least 4 members (excludes halogenated alkanes) is 1.